The van der Waals surface area contributed by atoms with E-state index < -0.39 is 0 Å². The second-order valence-electron chi connectivity index (χ2n) is 10.7. The number of hydrogen-bond acceptors (Lipinski definition) is 3. The van der Waals surface area contributed by atoms with E-state index in [2.05, 4.69) is 26.0 Å². The number of fused-ring (bicyclic) bond motifs is 5. The summed E-state index contributed by atoms with van der Waals surface area (Å²) in [5.41, 5.74) is 3.60. The molecule has 0 heterocycles. The summed E-state index contributed by atoms with van der Waals surface area (Å²) in [7, 11) is 0. The minimum atomic E-state index is -0.163. The summed E-state index contributed by atoms with van der Waals surface area (Å²) >= 11 is 0. The highest BCUT2D eigenvalue weighted by atomic mass is 16.5. The van der Waals surface area contributed by atoms with Crippen molar-refractivity contribution in [3.05, 3.63) is 59.2 Å². The summed E-state index contributed by atoms with van der Waals surface area (Å²) in [5.74, 6) is 1.92. The molecule has 1 aromatic carbocycles. The Hall–Kier alpha value is -2.16. The van der Waals surface area contributed by atoms with Crippen LogP contribution < -0.4 is 0 Å². The zero-order valence-electron chi connectivity index (χ0n) is 19.0. The molecule has 0 unspecified atom stereocenters. The molecule has 4 aliphatic carbocycles. The van der Waals surface area contributed by atoms with Crippen molar-refractivity contribution in [3.63, 3.8) is 0 Å². The fraction of sp³-hybridized carbons (Fsp3) is 0.571. The molecule has 0 aromatic heterocycles. The van der Waals surface area contributed by atoms with Crippen LogP contribution in [0.5, 0.6) is 0 Å². The van der Waals surface area contributed by atoms with Crippen LogP contribution in [0.1, 0.15) is 76.1 Å². The van der Waals surface area contributed by atoms with Crippen LogP contribution in [0.4, 0.5) is 0 Å². The average Bonchev–Trinajstić information content (AvgIpc) is 3.11. The van der Waals surface area contributed by atoms with Crippen molar-refractivity contribution >= 4 is 11.8 Å². The Bertz CT molecular complexity index is 958. The van der Waals surface area contributed by atoms with Gasteiger partial charge in [-0.3, -0.25) is 9.59 Å². The van der Waals surface area contributed by atoms with Crippen LogP contribution in [-0.4, -0.2) is 17.9 Å². The van der Waals surface area contributed by atoms with Crippen molar-refractivity contribution in [2.45, 2.75) is 71.8 Å². The van der Waals surface area contributed by atoms with Gasteiger partial charge in [-0.25, -0.2) is 0 Å². The Balaban J connectivity index is 1.39. The monoisotopic (exact) mass is 418 g/mol. The van der Waals surface area contributed by atoms with Crippen LogP contribution in [0.2, 0.25) is 0 Å². The van der Waals surface area contributed by atoms with Crippen LogP contribution in [0.15, 0.2) is 53.6 Å². The second kappa shape index (κ2) is 7.46. The maximum absolute atomic E-state index is 13.4. The highest BCUT2D eigenvalue weighted by molar-refractivity contribution is 6.09. The number of hydrogen-bond donors (Lipinski definition) is 0. The normalized spacial score (nSPS) is 38.8. The van der Waals surface area contributed by atoms with Crippen molar-refractivity contribution in [2.75, 3.05) is 0 Å². The maximum atomic E-state index is 13.4. The van der Waals surface area contributed by atoms with Gasteiger partial charge in [0.1, 0.15) is 6.10 Å². The largest absolute Gasteiger partial charge is 0.462 e. The molecule has 6 atom stereocenters. The van der Waals surface area contributed by atoms with E-state index in [1.807, 2.05) is 30.3 Å². The predicted octanol–water partition coefficient (Wildman–Crippen LogP) is 6.30. The lowest BCUT2D eigenvalue weighted by atomic mass is 9.47. The molecule has 3 nitrogen and oxygen atoms in total. The highest BCUT2D eigenvalue weighted by Crippen LogP contribution is 2.65. The number of ketones is 1. The van der Waals surface area contributed by atoms with Gasteiger partial charge in [0.2, 0.25) is 0 Å². The Labute approximate surface area is 185 Å². The number of benzene rings is 1. The maximum Gasteiger partial charge on any atom is 0.302 e. The van der Waals surface area contributed by atoms with E-state index in [0.717, 1.165) is 49.7 Å². The van der Waals surface area contributed by atoms with Crippen LogP contribution in [0.3, 0.4) is 0 Å². The molecule has 0 N–H and O–H groups in total. The Morgan fingerprint density at radius 3 is 2.42 bits per heavy atom. The second-order valence-corrected chi connectivity index (χ2v) is 10.7. The molecule has 0 amide bonds. The molecule has 2 saturated carbocycles. The number of ether oxygens (including phenoxy) is 1. The van der Waals surface area contributed by atoms with Crippen LogP contribution in [-0.2, 0) is 9.53 Å². The third-order valence-electron chi connectivity index (χ3n) is 9.25. The topological polar surface area (TPSA) is 43.4 Å². The lowest BCUT2D eigenvalue weighted by Gasteiger charge is -2.57. The van der Waals surface area contributed by atoms with Gasteiger partial charge in [-0.05, 0) is 67.1 Å². The van der Waals surface area contributed by atoms with E-state index in [0.29, 0.717) is 17.8 Å². The van der Waals surface area contributed by atoms with Gasteiger partial charge in [0.15, 0.2) is 5.78 Å². The molecule has 0 bridgehead atoms. The van der Waals surface area contributed by atoms with Crippen molar-refractivity contribution in [2.24, 2.45) is 28.6 Å². The van der Waals surface area contributed by atoms with Gasteiger partial charge in [-0.1, -0.05) is 61.9 Å². The van der Waals surface area contributed by atoms with E-state index in [1.165, 1.54) is 18.9 Å². The van der Waals surface area contributed by atoms with Gasteiger partial charge in [-0.15, -0.1) is 0 Å². The number of rotatable bonds is 3. The minimum absolute atomic E-state index is 0.00919. The molecule has 0 radical (unpaired) electrons. The Morgan fingerprint density at radius 2 is 1.68 bits per heavy atom. The predicted molar refractivity (Wildman–Crippen MR) is 121 cm³/mol. The van der Waals surface area contributed by atoms with Gasteiger partial charge >= 0.3 is 5.97 Å². The third-order valence-corrected chi connectivity index (χ3v) is 9.25. The van der Waals surface area contributed by atoms with E-state index in [9.17, 15) is 9.59 Å². The molecule has 4 aliphatic rings. The molecule has 0 aliphatic heterocycles. The quantitative estimate of drug-likeness (QED) is 0.329. The van der Waals surface area contributed by atoms with Gasteiger partial charge in [-0.2, -0.15) is 0 Å². The Kier molecular flexibility index (Phi) is 4.99. The van der Waals surface area contributed by atoms with Crippen LogP contribution >= 0.6 is 0 Å². The van der Waals surface area contributed by atoms with Gasteiger partial charge in [0.05, 0.1) is 0 Å². The molecule has 2 fully saturated rings. The minimum Gasteiger partial charge on any atom is -0.462 e. The first kappa shape index (κ1) is 20.7. The summed E-state index contributed by atoms with van der Waals surface area (Å²) in [6.45, 7) is 6.33. The fourth-order valence-electron chi connectivity index (χ4n) is 7.63. The molecule has 0 spiro atoms. The number of Topliss-reactive ketones (excluding diaryl/α,β-unsaturated/α-hetero) is 1. The highest BCUT2D eigenvalue weighted by Gasteiger charge is 2.57. The SMILES string of the molecule is CC(=O)O[C@@H]1CC[C@@]2(C)C(=CC[C@H]3[C@@H]2CC[C@]2(C)C(C(=O)c4ccccc4)=CC[C@@H]32)C1. The molecule has 5 rings (SSSR count). The summed E-state index contributed by atoms with van der Waals surface area (Å²) < 4.78 is 5.56. The first-order valence-electron chi connectivity index (χ1n) is 12.0. The van der Waals surface area contributed by atoms with Crippen molar-refractivity contribution in [1.82, 2.24) is 0 Å². The molecule has 31 heavy (non-hydrogen) atoms. The molecule has 0 saturated heterocycles. The molecular formula is C28H34O3. The lowest BCUT2D eigenvalue weighted by molar-refractivity contribution is -0.148. The number of carbonyl (C=O) groups is 2. The number of esters is 1. The lowest BCUT2D eigenvalue weighted by Crippen LogP contribution is -2.50. The zero-order valence-corrected chi connectivity index (χ0v) is 19.0. The summed E-state index contributed by atoms with van der Waals surface area (Å²) in [6.07, 6.45) is 12.2. The third kappa shape index (κ3) is 3.23. The summed E-state index contributed by atoms with van der Waals surface area (Å²) in [5, 5.41) is 0. The van der Waals surface area contributed by atoms with Crippen molar-refractivity contribution in [1.29, 1.82) is 0 Å². The standard InChI is InChI=1S/C28H34O3/c1-18(29)31-21-13-15-27(2)20(17-21)9-10-22-23-11-12-25(28(23,3)16-14-24(22)27)26(30)19-7-5-4-6-8-19/h4-9,12,21-24H,10-11,13-17H2,1-3H3/t21-,22-,23+,24+,27+,28+/m1/s1. The number of carbonyl (C=O) groups excluding carboxylic acids is 2. The first-order chi connectivity index (χ1) is 14.8. The van der Waals surface area contributed by atoms with E-state index in [1.54, 1.807) is 0 Å². The first-order valence-corrected chi connectivity index (χ1v) is 12.0. The number of allylic oxidation sites excluding steroid dienone is 3. The molecule has 3 heteroatoms. The molecular weight excluding hydrogens is 384 g/mol. The zero-order chi connectivity index (χ0) is 21.8. The summed E-state index contributed by atoms with van der Waals surface area (Å²) in [6, 6.07) is 9.78. The Morgan fingerprint density at radius 1 is 0.935 bits per heavy atom. The van der Waals surface area contributed by atoms with E-state index >= 15 is 0 Å². The van der Waals surface area contributed by atoms with Gasteiger partial charge < -0.3 is 4.74 Å². The fourth-order valence-corrected chi connectivity index (χ4v) is 7.63. The van der Waals surface area contributed by atoms with E-state index in [4.69, 9.17) is 4.74 Å². The average molecular weight is 419 g/mol. The van der Waals surface area contributed by atoms with Crippen molar-refractivity contribution < 1.29 is 14.3 Å². The molecule has 1 aromatic rings. The van der Waals surface area contributed by atoms with Crippen LogP contribution in [0, 0.1) is 28.6 Å². The summed E-state index contributed by atoms with van der Waals surface area (Å²) in [4.78, 5) is 24.8. The van der Waals surface area contributed by atoms with Gasteiger partial charge in [0, 0.05) is 24.5 Å². The van der Waals surface area contributed by atoms with Gasteiger partial charge in [0.25, 0.3) is 0 Å². The smallest absolute Gasteiger partial charge is 0.302 e. The van der Waals surface area contributed by atoms with E-state index in [-0.39, 0.29) is 28.7 Å². The van der Waals surface area contributed by atoms with Crippen molar-refractivity contribution in [3.8, 4) is 0 Å². The molecule has 164 valence electrons. The van der Waals surface area contributed by atoms with Crippen LogP contribution in [0.25, 0.3) is 0 Å².